The summed E-state index contributed by atoms with van der Waals surface area (Å²) < 4.78 is 6.19. The van der Waals surface area contributed by atoms with Crippen molar-refractivity contribution in [3.63, 3.8) is 0 Å². The minimum Gasteiger partial charge on any atom is -0.372 e. The van der Waals surface area contributed by atoms with E-state index in [2.05, 4.69) is 22.4 Å². The molecule has 4 nitrogen and oxygen atoms in total. The van der Waals surface area contributed by atoms with Crippen LogP contribution in [0.2, 0.25) is 0 Å². The summed E-state index contributed by atoms with van der Waals surface area (Å²) in [5, 5.41) is 14.5. The van der Waals surface area contributed by atoms with Crippen molar-refractivity contribution in [1.82, 2.24) is 15.5 Å². The lowest BCUT2D eigenvalue weighted by molar-refractivity contribution is -0.119. The molecule has 1 aliphatic heterocycles. The fourth-order valence-corrected chi connectivity index (χ4v) is 4.11. The van der Waals surface area contributed by atoms with Gasteiger partial charge in [-0.1, -0.05) is 37.5 Å². The Balaban J connectivity index is 1.86. The zero-order valence-electron chi connectivity index (χ0n) is 10.9. The van der Waals surface area contributed by atoms with Gasteiger partial charge in [0.1, 0.15) is 10.0 Å². The topological polar surface area (TPSA) is 47.0 Å². The number of morpholine rings is 1. The molecule has 0 amide bonds. The molecule has 1 aliphatic carbocycles. The monoisotopic (exact) mass is 267 g/mol. The molecule has 1 unspecified atom stereocenters. The van der Waals surface area contributed by atoms with E-state index in [1.165, 1.54) is 19.3 Å². The lowest BCUT2D eigenvalue weighted by atomic mass is 9.78. The van der Waals surface area contributed by atoms with Crippen LogP contribution in [-0.4, -0.2) is 29.0 Å². The summed E-state index contributed by atoms with van der Waals surface area (Å²) in [6, 6.07) is 0.254. The van der Waals surface area contributed by atoms with E-state index in [0.717, 1.165) is 42.4 Å². The maximum Gasteiger partial charge on any atom is 0.137 e. The smallest absolute Gasteiger partial charge is 0.137 e. The molecule has 2 heterocycles. The maximum atomic E-state index is 6.19. The van der Waals surface area contributed by atoms with Crippen molar-refractivity contribution in [3.8, 4) is 0 Å². The standard InChI is InChI=1S/C13H21N3OS/c1-2-10-15-16-12(18-10)11-13(17-9-8-14-11)6-4-3-5-7-13/h11,14H,2-9H2,1H3. The highest BCUT2D eigenvalue weighted by atomic mass is 32.1. The summed E-state index contributed by atoms with van der Waals surface area (Å²) in [4.78, 5) is 0. The summed E-state index contributed by atoms with van der Waals surface area (Å²) in [6.45, 7) is 3.88. The van der Waals surface area contributed by atoms with E-state index in [4.69, 9.17) is 4.74 Å². The van der Waals surface area contributed by atoms with E-state index in [-0.39, 0.29) is 11.6 Å². The Kier molecular flexibility index (Phi) is 3.63. The quantitative estimate of drug-likeness (QED) is 0.894. The Morgan fingerprint density at radius 3 is 2.89 bits per heavy atom. The molecule has 1 atom stereocenters. The summed E-state index contributed by atoms with van der Waals surface area (Å²) in [5.74, 6) is 0. The predicted molar refractivity (Wildman–Crippen MR) is 71.8 cm³/mol. The van der Waals surface area contributed by atoms with Gasteiger partial charge in [-0.15, -0.1) is 10.2 Å². The second-order valence-electron chi connectivity index (χ2n) is 5.25. The van der Waals surface area contributed by atoms with Gasteiger partial charge in [0, 0.05) is 6.54 Å². The van der Waals surface area contributed by atoms with Crippen molar-refractivity contribution in [2.24, 2.45) is 0 Å². The Morgan fingerprint density at radius 1 is 1.33 bits per heavy atom. The fraction of sp³-hybridized carbons (Fsp3) is 0.846. The van der Waals surface area contributed by atoms with Crippen LogP contribution in [-0.2, 0) is 11.2 Å². The lowest BCUT2D eigenvalue weighted by Crippen LogP contribution is -2.53. The van der Waals surface area contributed by atoms with Gasteiger partial charge < -0.3 is 10.1 Å². The van der Waals surface area contributed by atoms with Crippen LogP contribution in [0, 0.1) is 0 Å². The van der Waals surface area contributed by atoms with Crippen LogP contribution in [0.15, 0.2) is 0 Å². The van der Waals surface area contributed by atoms with Crippen molar-refractivity contribution >= 4 is 11.3 Å². The van der Waals surface area contributed by atoms with Crippen LogP contribution in [0.5, 0.6) is 0 Å². The largest absolute Gasteiger partial charge is 0.372 e. The first kappa shape index (κ1) is 12.5. The molecule has 18 heavy (non-hydrogen) atoms. The third kappa shape index (κ3) is 2.19. The number of ether oxygens (including phenoxy) is 1. The molecule has 5 heteroatoms. The summed E-state index contributed by atoms with van der Waals surface area (Å²) >= 11 is 1.74. The van der Waals surface area contributed by atoms with Gasteiger partial charge >= 0.3 is 0 Å². The zero-order valence-corrected chi connectivity index (χ0v) is 11.8. The van der Waals surface area contributed by atoms with Crippen LogP contribution in [0.3, 0.4) is 0 Å². The van der Waals surface area contributed by atoms with Crippen molar-refractivity contribution in [1.29, 1.82) is 0 Å². The summed E-state index contributed by atoms with van der Waals surface area (Å²) in [7, 11) is 0. The van der Waals surface area contributed by atoms with Crippen LogP contribution in [0.25, 0.3) is 0 Å². The van der Waals surface area contributed by atoms with Crippen LogP contribution < -0.4 is 5.32 Å². The van der Waals surface area contributed by atoms with E-state index in [9.17, 15) is 0 Å². The van der Waals surface area contributed by atoms with E-state index >= 15 is 0 Å². The average molecular weight is 267 g/mol. The third-order valence-electron chi connectivity index (χ3n) is 4.10. The predicted octanol–water partition coefficient (Wildman–Crippen LogP) is 2.46. The Bertz CT molecular complexity index is 392. The summed E-state index contributed by atoms with van der Waals surface area (Å²) in [6.07, 6.45) is 7.18. The number of nitrogens with zero attached hydrogens (tertiary/aromatic N) is 2. The lowest BCUT2D eigenvalue weighted by Gasteiger charge is -2.45. The average Bonchev–Trinajstić information content (AvgIpc) is 2.89. The van der Waals surface area contributed by atoms with Gasteiger partial charge in [0.05, 0.1) is 18.2 Å². The van der Waals surface area contributed by atoms with Gasteiger partial charge in [-0.25, -0.2) is 0 Å². The molecule has 0 bridgehead atoms. The van der Waals surface area contributed by atoms with Crippen molar-refractivity contribution in [2.75, 3.05) is 13.2 Å². The van der Waals surface area contributed by atoms with E-state index in [1.807, 2.05) is 0 Å². The molecular formula is C13H21N3OS. The molecule has 2 aliphatic rings. The van der Waals surface area contributed by atoms with Gasteiger partial charge in [0.15, 0.2) is 0 Å². The highest BCUT2D eigenvalue weighted by Gasteiger charge is 2.45. The SMILES string of the molecule is CCc1nnc(C2NCCOC23CCCCC3)s1. The summed E-state index contributed by atoms with van der Waals surface area (Å²) in [5.41, 5.74) is -0.0129. The molecule has 3 rings (SSSR count). The first-order valence-electron chi connectivity index (χ1n) is 7.04. The zero-order chi connectivity index (χ0) is 12.4. The molecule has 1 aromatic rings. The minimum atomic E-state index is -0.0129. The number of nitrogens with one attached hydrogen (secondary N) is 1. The Morgan fingerprint density at radius 2 is 2.17 bits per heavy atom. The first-order chi connectivity index (χ1) is 8.84. The Labute approximate surface area is 112 Å². The molecular weight excluding hydrogens is 246 g/mol. The van der Waals surface area contributed by atoms with Gasteiger partial charge in [-0.05, 0) is 19.3 Å². The van der Waals surface area contributed by atoms with Crippen molar-refractivity contribution in [3.05, 3.63) is 10.0 Å². The second-order valence-corrected chi connectivity index (χ2v) is 6.34. The second kappa shape index (κ2) is 5.23. The van der Waals surface area contributed by atoms with Gasteiger partial charge in [-0.2, -0.15) is 0 Å². The number of hydrogen-bond acceptors (Lipinski definition) is 5. The van der Waals surface area contributed by atoms with Crippen LogP contribution >= 0.6 is 11.3 Å². The van der Waals surface area contributed by atoms with Crippen molar-refractivity contribution < 1.29 is 4.74 Å². The molecule has 1 spiro atoms. The Hall–Kier alpha value is -0.520. The molecule has 2 fully saturated rings. The molecule has 100 valence electrons. The van der Waals surface area contributed by atoms with Gasteiger partial charge in [0.2, 0.25) is 0 Å². The van der Waals surface area contributed by atoms with Crippen LogP contribution in [0.1, 0.15) is 55.1 Å². The highest BCUT2D eigenvalue weighted by Crippen LogP contribution is 2.43. The first-order valence-corrected chi connectivity index (χ1v) is 7.85. The number of aryl methyl sites for hydroxylation is 1. The van der Waals surface area contributed by atoms with E-state index in [1.54, 1.807) is 11.3 Å². The maximum absolute atomic E-state index is 6.19. The highest BCUT2D eigenvalue weighted by molar-refractivity contribution is 7.11. The number of rotatable bonds is 2. The molecule has 1 saturated heterocycles. The third-order valence-corrected chi connectivity index (χ3v) is 5.23. The van der Waals surface area contributed by atoms with Crippen LogP contribution in [0.4, 0.5) is 0 Å². The fourth-order valence-electron chi connectivity index (χ4n) is 3.15. The normalized spacial score (nSPS) is 27.5. The number of hydrogen-bond donors (Lipinski definition) is 1. The molecule has 0 aromatic carbocycles. The molecule has 1 saturated carbocycles. The molecule has 1 aromatic heterocycles. The van der Waals surface area contributed by atoms with E-state index < -0.39 is 0 Å². The molecule has 0 radical (unpaired) electrons. The van der Waals surface area contributed by atoms with Gasteiger partial charge in [0.25, 0.3) is 0 Å². The van der Waals surface area contributed by atoms with Gasteiger partial charge in [-0.3, -0.25) is 0 Å². The minimum absolute atomic E-state index is 0.0129. The van der Waals surface area contributed by atoms with E-state index in [0.29, 0.717) is 0 Å². The van der Waals surface area contributed by atoms with Crippen molar-refractivity contribution in [2.45, 2.75) is 57.1 Å². The molecule has 1 N–H and O–H groups in total. The number of aromatic nitrogens is 2.